The molecule has 0 radical (unpaired) electrons. The Kier molecular flexibility index (Phi) is 3.82. The maximum absolute atomic E-state index is 11.3. The minimum absolute atomic E-state index is 0.390. The molecule has 2 aromatic heterocycles. The van der Waals surface area contributed by atoms with Crippen LogP contribution in [0.4, 0.5) is 0 Å². The number of rotatable bonds is 4. The van der Waals surface area contributed by atoms with E-state index in [4.69, 9.17) is 0 Å². The van der Waals surface area contributed by atoms with E-state index in [1.807, 2.05) is 41.8 Å². The Balaban J connectivity index is 2.12. The Morgan fingerprint density at radius 3 is 2.71 bits per heavy atom. The van der Waals surface area contributed by atoms with E-state index in [-0.39, 0.29) is 0 Å². The van der Waals surface area contributed by atoms with E-state index in [9.17, 15) is 9.90 Å². The molecule has 4 nitrogen and oxygen atoms in total. The average molecular weight is 365 g/mol. The predicted molar refractivity (Wildman–Crippen MR) is 87.2 cm³/mol. The highest BCUT2D eigenvalue weighted by Crippen LogP contribution is 2.28. The van der Waals surface area contributed by atoms with Crippen molar-refractivity contribution in [2.24, 2.45) is 0 Å². The van der Waals surface area contributed by atoms with Crippen molar-refractivity contribution in [3.8, 4) is 11.3 Å². The van der Waals surface area contributed by atoms with Gasteiger partial charge in [-0.25, -0.2) is 9.78 Å². The molecule has 0 fully saturated rings. The third-order valence-electron chi connectivity index (χ3n) is 3.24. The summed E-state index contributed by atoms with van der Waals surface area (Å²) >= 11 is 4.65. The zero-order valence-corrected chi connectivity index (χ0v) is 13.7. The lowest BCUT2D eigenvalue weighted by molar-refractivity contribution is 0.0700. The van der Waals surface area contributed by atoms with Gasteiger partial charge in [-0.15, -0.1) is 0 Å². The smallest absolute Gasteiger partial charge is 0.347 e. The van der Waals surface area contributed by atoms with E-state index in [1.165, 1.54) is 11.3 Å². The van der Waals surface area contributed by atoms with Crippen LogP contribution in [0.15, 0.2) is 34.9 Å². The van der Waals surface area contributed by atoms with Crippen molar-refractivity contribution in [2.45, 2.75) is 19.8 Å². The summed E-state index contributed by atoms with van der Waals surface area (Å²) in [4.78, 5) is 17.0. The number of benzene rings is 1. The molecular weight excluding hydrogens is 352 g/mol. The summed E-state index contributed by atoms with van der Waals surface area (Å²) in [7, 11) is 0. The third kappa shape index (κ3) is 2.61. The number of fused-ring (bicyclic) bond motifs is 1. The number of hydrogen-bond acceptors (Lipinski definition) is 3. The van der Waals surface area contributed by atoms with E-state index in [1.54, 1.807) is 0 Å². The number of carboxylic acid groups (broad SMARTS) is 1. The van der Waals surface area contributed by atoms with Crippen LogP contribution in [-0.4, -0.2) is 20.5 Å². The minimum Gasteiger partial charge on any atom is -0.477 e. The first-order chi connectivity index (χ1) is 10.1. The molecule has 0 amide bonds. The fourth-order valence-corrected chi connectivity index (χ4v) is 3.54. The summed E-state index contributed by atoms with van der Waals surface area (Å²) in [6.45, 7) is 2.04. The first kappa shape index (κ1) is 14.3. The number of thiazole rings is 1. The van der Waals surface area contributed by atoms with Gasteiger partial charge in [0, 0.05) is 21.9 Å². The maximum atomic E-state index is 11.3. The summed E-state index contributed by atoms with van der Waals surface area (Å²) in [6.07, 6.45) is 3.56. The van der Waals surface area contributed by atoms with Crippen molar-refractivity contribution in [1.29, 1.82) is 0 Å². The summed E-state index contributed by atoms with van der Waals surface area (Å²) in [6, 6.07) is 7.93. The molecule has 0 atom stereocenters. The molecule has 21 heavy (non-hydrogen) atoms. The van der Waals surface area contributed by atoms with E-state index < -0.39 is 5.97 Å². The van der Waals surface area contributed by atoms with Gasteiger partial charge < -0.3 is 5.11 Å². The number of carboxylic acids is 1. The Morgan fingerprint density at radius 2 is 2.10 bits per heavy atom. The molecule has 2 heterocycles. The van der Waals surface area contributed by atoms with Gasteiger partial charge in [-0.05, 0) is 18.6 Å². The molecule has 6 heteroatoms. The zero-order chi connectivity index (χ0) is 15.0. The standard InChI is InChI=1S/C15H13BrN2O2S/c1-2-3-12-13(14(19)20)21-15-17-11(8-18(12)15)9-4-6-10(16)7-5-9/h4-8H,2-3H2,1H3,(H,19,20). The second-order valence-corrected chi connectivity index (χ2v) is 6.61. The molecule has 1 N–H and O–H groups in total. The number of aryl methyl sites for hydroxylation is 1. The largest absolute Gasteiger partial charge is 0.477 e. The molecule has 0 aliphatic rings. The van der Waals surface area contributed by atoms with Gasteiger partial charge in [-0.3, -0.25) is 4.40 Å². The molecule has 0 spiro atoms. The van der Waals surface area contributed by atoms with Crippen LogP contribution < -0.4 is 0 Å². The summed E-state index contributed by atoms with van der Waals surface area (Å²) in [5, 5.41) is 9.29. The van der Waals surface area contributed by atoms with Gasteiger partial charge in [0.25, 0.3) is 0 Å². The summed E-state index contributed by atoms with van der Waals surface area (Å²) in [5.74, 6) is -0.876. The van der Waals surface area contributed by atoms with Crippen LogP contribution in [0, 0.1) is 0 Å². The Bertz CT molecular complexity index is 805. The van der Waals surface area contributed by atoms with Crippen LogP contribution in [0.5, 0.6) is 0 Å². The normalized spacial score (nSPS) is 11.1. The molecule has 108 valence electrons. The number of imidazole rings is 1. The molecule has 0 bridgehead atoms. The van der Waals surface area contributed by atoms with Crippen molar-refractivity contribution < 1.29 is 9.90 Å². The third-order valence-corrected chi connectivity index (χ3v) is 4.85. The first-order valence-corrected chi connectivity index (χ1v) is 8.21. The van der Waals surface area contributed by atoms with Crippen molar-refractivity contribution in [3.05, 3.63) is 45.5 Å². The van der Waals surface area contributed by atoms with Crippen LogP contribution in [0.2, 0.25) is 0 Å². The van der Waals surface area contributed by atoms with E-state index in [0.29, 0.717) is 4.88 Å². The van der Waals surface area contributed by atoms with E-state index >= 15 is 0 Å². The van der Waals surface area contributed by atoms with E-state index in [0.717, 1.165) is 39.2 Å². The molecule has 0 saturated heterocycles. The van der Waals surface area contributed by atoms with Crippen LogP contribution in [0.1, 0.15) is 28.7 Å². The van der Waals surface area contributed by atoms with Crippen molar-refractivity contribution >= 4 is 38.2 Å². The maximum Gasteiger partial charge on any atom is 0.347 e. The summed E-state index contributed by atoms with van der Waals surface area (Å²) < 4.78 is 2.93. The molecule has 3 aromatic rings. The number of hydrogen-bond donors (Lipinski definition) is 1. The van der Waals surface area contributed by atoms with Crippen LogP contribution >= 0.6 is 27.3 Å². The highest BCUT2D eigenvalue weighted by atomic mass is 79.9. The molecule has 0 aliphatic carbocycles. The lowest BCUT2D eigenvalue weighted by Crippen LogP contribution is -2.00. The minimum atomic E-state index is -0.876. The Labute approximate surface area is 134 Å². The molecule has 0 saturated carbocycles. The van der Waals surface area contributed by atoms with Gasteiger partial charge in [0.15, 0.2) is 4.96 Å². The molecule has 0 unspecified atom stereocenters. The van der Waals surface area contributed by atoms with Gasteiger partial charge in [-0.2, -0.15) is 0 Å². The second-order valence-electron chi connectivity index (χ2n) is 4.72. The quantitative estimate of drug-likeness (QED) is 0.742. The van der Waals surface area contributed by atoms with Crippen LogP contribution in [0.3, 0.4) is 0 Å². The zero-order valence-electron chi connectivity index (χ0n) is 11.3. The number of nitrogens with zero attached hydrogens (tertiary/aromatic N) is 2. The topological polar surface area (TPSA) is 54.6 Å². The monoisotopic (exact) mass is 364 g/mol. The van der Waals surface area contributed by atoms with E-state index in [2.05, 4.69) is 20.9 Å². The lowest BCUT2D eigenvalue weighted by atomic mass is 10.2. The van der Waals surface area contributed by atoms with Gasteiger partial charge in [0.05, 0.1) is 5.69 Å². The molecule has 0 aliphatic heterocycles. The van der Waals surface area contributed by atoms with Crippen molar-refractivity contribution in [2.75, 3.05) is 0 Å². The average Bonchev–Trinajstić information content (AvgIpc) is 2.99. The van der Waals surface area contributed by atoms with Gasteiger partial charge in [0.1, 0.15) is 4.88 Å². The van der Waals surface area contributed by atoms with Gasteiger partial charge >= 0.3 is 5.97 Å². The fraction of sp³-hybridized carbons (Fsp3) is 0.200. The Morgan fingerprint density at radius 1 is 1.38 bits per heavy atom. The highest BCUT2D eigenvalue weighted by molar-refractivity contribution is 9.10. The second kappa shape index (κ2) is 5.61. The molecule has 3 rings (SSSR count). The molecular formula is C15H13BrN2O2S. The summed E-state index contributed by atoms with van der Waals surface area (Å²) in [5.41, 5.74) is 2.72. The van der Waals surface area contributed by atoms with Gasteiger partial charge in [-0.1, -0.05) is 52.7 Å². The highest BCUT2D eigenvalue weighted by Gasteiger charge is 2.19. The van der Waals surface area contributed by atoms with Crippen LogP contribution in [0.25, 0.3) is 16.2 Å². The van der Waals surface area contributed by atoms with Crippen LogP contribution in [-0.2, 0) is 6.42 Å². The number of aromatic nitrogens is 2. The number of carbonyl (C=O) groups is 1. The van der Waals surface area contributed by atoms with Gasteiger partial charge in [0.2, 0.25) is 0 Å². The molecule has 1 aromatic carbocycles. The van der Waals surface area contributed by atoms with Crippen molar-refractivity contribution in [1.82, 2.24) is 9.38 Å². The SMILES string of the molecule is CCCc1c(C(=O)O)sc2nc(-c3ccc(Br)cc3)cn12. The first-order valence-electron chi connectivity index (χ1n) is 6.60. The fourth-order valence-electron chi connectivity index (χ4n) is 2.29. The number of halogens is 1. The van der Waals surface area contributed by atoms with Crippen molar-refractivity contribution in [3.63, 3.8) is 0 Å². The predicted octanol–water partition coefficient (Wildman–Crippen LogP) is 4.48. The number of aromatic carboxylic acids is 1. The lowest BCUT2D eigenvalue weighted by Gasteiger charge is -1.99. The Hall–Kier alpha value is -1.66.